The predicted octanol–water partition coefficient (Wildman–Crippen LogP) is 1.93. The van der Waals surface area contributed by atoms with Gasteiger partial charge >= 0.3 is 5.97 Å². The molecule has 6 heteroatoms. The van der Waals surface area contributed by atoms with Crippen LogP contribution in [-0.2, 0) is 7.05 Å². The summed E-state index contributed by atoms with van der Waals surface area (Å²) in [4.78, 5) is 15.3. The lowest BCUT2D eigenvalue weighted by Crippen LogP contribution is -1.96. The van der Waals surface area contributed by atoms with E-state index in [-0.39, 0.29) is 5.56 Å². The molecular weight excluding hydrogens is 234 g/mol. The van der Waals surface area contributed by atoms with E-state index in [0.29, 0.717) is 22.7 Å². The Balaban J connectivity index is 2.22. The van der Waals surface area contributed by atoms with Crippen LogP contribution in [0.25, 0.3) is 22.7 Å². The van der Waals surface area contributed by atoms with Gasteiger partial charge in [-0.3, -0.25) is 4.68 Å². The van der Waals surface area contributed by atoms with Crippen molar-refractivity contribution in [1.82, 2.24) is 14.8 Å². The molecule has 0 atom stereocenters. The minimum Gasteiger partial charge on any atom is -0.478 e. The monoisotopic (exact) mass is 243 g/mol. The van der Waals surface area contributed by atoms with Gasteiger partial charge in [0.1, 0.15) is 11.2 Å². The Morgan fingerprint density at radius 3 is 2.89 bits per heavy atom. The number of fused-ring (bicyclic) bond motifs is 1. The minimum absolute atomic E-state index is 0.124. The van der Waals surface area contributed by atoms with Gasteiger partial charge in [-0.05, 0) is 18.2 Å². The van der Waals surface area contributed by atoms with E-state index in [2.05, 4.69) is 10.1 Å². The van der Waals surface area contributed by atoms with E-state index in [9.17, 15) is 4.79 Å². The largest absolute Gasteiger partial charge is 0.478 e. The number of aromatic nitrogens is 3. The van der Waals surface area contributed by atoms with Crippen molar-refractivity contribution >= 4 is 17.1 Å². The molecule has 1 N–H and O–H groups in total. The summed E-state index contributed by atoms with van der Waals surface area (Å²) in [5.74, 6) is -0.708. The van der Waals surface area contributed by atoms with Crippen LogP contribution in [0.2, 0.25) is 0 Å². The van der Waals surface area contributed by atoms with Crippen LogP contribution in [0.15, 0.2) is 34.9 Å². The van der Waals surface area contributed by atoms with Crippen molar-refractivity contribution in [3.05, 3.63) is 36.0 Å². The second-order valence-corrected chi connectivity index (χ2v) is 3.85. The lowest BCUT2D eigenvalue weighted by molar-refractivity contribution is 0.0699. The number of para-hydroxylation sites is 1. The number of benzene rings is 1. The number of nitrogens with zero attached hydrogens (tertiary/aromatic N) is 3. The van der Waals surface area contributed by atoms with Gasteiger partial charge in [0.05, 0.1) is 5.56 Å². The van der Waals surface area contributed by atoms with Crippen LogP contribution in [0.3, 0.4) is 0 Å². The molecule has 90 valence electrons. The third-order valence-electron chi connectivity index (χ3n) is 2.58. The first-order valence-corrected chi connectivity index (χ1v) is 5.28. The lowest BCUT2D eigenvalue weighted by atomic mass is 10.2. The molecule has 0 radical (unpaired) electrons. The van der Waals surface area contributed by atoms with E-state index in [1.165, 1.54) is 6.07 Å². The van der Waals surface area contributed by atoms with Gasteiger partial charge in [-0.25, -0.2) is 9.78 Å². The van der Waals surface area contributed by atoms with Gasteiger partial charge in [0.25, 0.3) is 0 Å². The van der Waals surface area contributed by atoms with Crippen molar-refractivity contribution in [2.24, 2.45) is 7.05 Å². The summed E-state index contributed by atoms with van der Waals surface area (Å²) >= 11 is 0. The molecule has 2 heterocycles. The van der Waals surface area contributed by atoms with Crippen LogP contribution in [0.1, 0.15) is 10.4 Å². The number of carboxylic acids is 1. The van der Waals surface area contributed by atoms with Gasteiger partial charge < -0.3 is 9.52 Å². The Kier molecular flexibility index (Phi) is 2.16. The number of aromatic carboxylic acids is 1. The first kappa shape index (κ1) is 10.5. The van der Waals surface area contributed by atoms with Gasteiger partial charge in [0.15, 0.2) is 5.58 Å². The van der Waals surface area contributed by atoms with Crippen molar-refractivity contribution < 1.29 is 14.3 Å². The second-order valence-electron chi connectivity index (χ2n) is 3.85. The third-order valence-corrected chi connectivity index (χ3v) is 2.58. The number of hydrogen-bond donors (Lipinski definition) is 1. The van der Waals surface area contributed by atoms with E-state index in [1.54, 1.807) is 36.1 Å². The Bertz CT molecular complexity index is 742. The topological polar surface area (TPSA) is 81.2 Å². The fourth-order valence-electron chi connectivity index (χ4n) is 1.76. The van der Waals surface area contributed by atoms with E-state index in [0.717, 1.165) is 0 Å². The van der Waals surface area contributed by atoms with E-state index < -0.39 is 5.97 Å². The molecule has 0 aliphatic rings. The van der Waals surface area contributed by atoms with Crippen LogP contribution in [-0.4, -0.2) is 25.8 Å². The van der Waals surface area contributed by atoms with Crippen LogP contribution < -0.4 is 0 Å². The number of carbonyl (C=O) groups is 1. The van der Waals surface area contributed by atoms with Crippen LogP contribution in [0, 0.1) is 0 Å². The van der Waals surface area contributed by atoms with Gasteiger partial charge in [-0.2, -0.15) is 5.10 Å². The number of carboxylic acid groups (broad SMARTS) is 1. The number of rotatable bonds is 2. The Hall–Kier alpha value is -2.63. The fraction of sp³-hybridized carbons (Fsp3) is 0.0833. The minimum atomic E-state index is -1.03. The third kappa shape index (κ3) is 1.55. The molecule has 0 aliphatic heterocycles. The molecule has 0 unspecified atom stereocenters. The van der Waals surface area contributed by atoms with Gasteiger partial charge in [0.2, 0.25) is 5.89 Å². The molecule has 0 saturated heterocycles. The summed E-state index contributed by atoms with van der Waals surface area (Å²) in [6.07, 6.45) is 1.77. The van der Waals surface area contributed by atoms with Crippen molar-refractivity contribution in [2.45, 2.75) is 0 Å². The molecule has 0 saturated carbocycles. The zero-order valence-corrected chi connectivity index (χ0v) is 9.49. The fourth-order valence-corrected chi connectivity index (χ4v) is 1.76. The molecule has 3 rings (SSSR count). The molecule has 2 aromatic heterocycles. The van der Waals surface area contributed by atoms with Crippen molar-refractivity contribution in [3.8, 4) is 11.6 Å². The van der Waals surface area contributed by atoms with Crippen LogP contribution in [0.5, 0.6) is 0 Å². The standard InChI is InChI=1S/C12H9N3O3/c1-15-6-5-8(14-15)11-13-10-7(12(16)17)3-2-4-9(10)18-11/h2-6H,1H3,(H,16,17). The smallest absolute Gasteiger partial charge is 0.338 e. The van der Waals surface area contributed by atoms with Crippen LogP contribution in [0.4, 0.5) is 0 Å². The van der Waals surface area contributed by atoms with Crippen molar-refractivity contribution in [2.75, 3.05) is 0 Å². The summed E-state index contributed by atoms with van der Waals surface area (Å²) in [6.45, 7) is 0. The average Bonchev–Trinajstić information content (AvgIpc) is 2.93. The first-order valence-electron chi connectivity index (χ1n) is 5.28. The molecule has 0 fully saturated rings. The van der Waals surface area contributed by atoms with E-state index in [4.69, 9.17) is 9.52 Å². The number of oxazole rings is 1. The Labute approximate surface area is 101 Å². The summed E-state index contributed by atoms with van der Waals surface area (Å²) in [5, 5.41) is 13.2. The summed E-state index contributed by atoms with van der Waals surface area (Å²) in [5.41, 5.74) is 1.48. The zero-order valence-electron chi connectivity index (χ0n) is 9.49. The zero-order chi connectivity index (χ0) is 12.7. The maximum absolute atomic E-state index is 11.1. The Morgan fingerprint density at radius 1 is 1.39 bits per heavy atom. The molecule has 0 aliphatic carbocycles. The first-order chi connectivity index (χ1) is 8.65. The summed E-state index contributed by atoms with van der Waals surface area (Å²) < 4.78 is 7.14. The normalized spacial score (nSPS) is 10.9. The highest BCUT2D eigenvalue weighted by atomic mass is 16.4. The Morgan fingerprint density at radius 2 is 2.22 bits per heavy atom. The van der Waals surface area contributed by atoms with Gasteiger partial charge in [-0.15, -0.1) is 0 Å². The maximum atomic E-state index is 11.1. The number of aryl methyl sites for hydroxylation is 1. The molecular formula is C12H9N3O3. The van der Waals surface area contributed by atoms with E-state index in [1.807, 2.05) is 0 Å². The second kappa shape index (κ2) is 3.69. The maximum Gasteiger partial charge on any atom is 0.338 e. The quantitative estimate of drug-likeness (QED) is 0.743. The highest BCUT2D eigenvalue weighted by Crippen LogP contribution is 2.25. The molecule has 0 amide bonds. The molecule has 1 aromatic carbocycles. The molecule has 6 nitrogen and oxygen atoms in total. The highest BCUT2D eigenvalue weighted by Gasteiger charge is 2.16. The highest BCUT2D eigenvalue weighted by molar-refractivity contribution is 6.00. The average molecular weight is 243 g/mol. The summed E-state index contributed by atoms with van der Waals surface area (Å²) in [6, 6.07) is 6.56. The SMILES string of the molecule is Cn1ccc(-c2nc3c(C(=O)O)cccc3o2)n1. The molecule has 0 bridgehead atoms. The van der Waals surface area contributed by atoms with Gasteiger partial charge in [-0.1, -0.05) is 6.07 Å². The van der Waals surface area contributed by atoms with Crippen molar-refractivity contribution in [1.29, 1.82) is 0 Å². The molecule has 0 spiro atoms. The molecule has 18 heavy (non-hydrogen) atoms. The summed E-state index contributed by atoms with van der Waals surface area (Å²) in [7, 11) is 1.79. The molecule has 3 aromatic rings. The van der Waals surface area contributed by atoms with Crippen molar-refractivity contribution in [3.63, 3.8) is 0 Å². The number of hydrogen-bond acceptors (Lipinski definition) is 4. The predicted molar refractivity (Wildman–Crippen MR) is 63.2 cm³/mol. The lowest BCUT2D eigenvalue weighted by Gasteiger charge is -1.92. The van der Waals surface area contributed by atoms with E-state index >= 15 is 0 Å². The van der Waals surface area contributed by atoms with Gasteiger partial charge in [0, 0.05) is 13.2 Å². The van der Waals surface area contributed by atoms with Crippen LogP contribution >= 0.6 is 0 Å².